The number of esters is 1. The second-order valence-electron chi connectivity index (χ2n) is 10.9. The highest BCUT2D eigenvalue weighted by Gasteiger charge is 2.40. The number of carbonyl (C=O) groups excluding carboxylic acids is 1. The van der Waals surface area contributed by atoms with Crippen molar-refractivity contribution in [3.05, 3.63) is 107 Å². The van der Waals surface area contributed by atoms with Crippen molar-refractivity contribution in [1.29, 1.82) is 0 Å². The summed E-state index contributed by atoms with van der Waals surface area (Å²) in [7, 11) is 4.36. The number of benzene rings is 4. The number of halogens is 3. The Morgan fingerprint density at radius 2 is 1.67 bits per heavy atom. The summed E-state index contributed by atoms with van der Waals surface area (Å²) in [5.74, 6) is 0.632. The predicted molar refractivity (Wildman–Crippen MR) is 163 cm³/mol. The Hall–Kier alpha value is -4.38. The van der Waals surface area contributed by atoms with E-state index in [1.807, 2.05) is 44.2 Å². The Kier molecular flexibility index (Phi) is 9.20. The van der Waals surface area contributed by atoms with Gasteiger partial charge >= 0.3 is 12.1 Å². The zero-order valence-corrected chi connectivity index (χ0v) is 25.5. The molecule has 5 rings (SSSR count). The molecule has 10 heteroatoms. The Bertz CT molecular complexity index is 1710. The second kappa shape index (κ2) is 12.9. The van der Waals surface area contributed by atoms with Gasteiger partial charge in [0, 0.05) is 18.2 Å². The zero-order valence-electron chi connectivity index (χ0n) is 25.5. The van der Waals surface area contributed by atoms with Crippen molar-refractivity contribution < 1.29 is 42.0 Å². The summed E-state index contributed by atoms with van der Waals surface area (Å²) in [6, 6.07) is 21.1. The van der Waals surface area contributed by atoms with Gasteiger partial charge in [0.15, 0.2) is 0 Å². The monoisotopic (exact) mass is 621 g/mol. The summed E-state index contributed by atoms with van der Waals surface area (Å²) < 4.78 is 63.6. The number of hydrogen-bond acceptors (Lipinski definition) is 7. The van der Waals surface area contributed by atoms with Crippen LogP contribution in [0.5, 0.6) is 11.5 Å². The van der Waals surface area contributed by atoms with Gasteiger partial charge in [0.05, 0.1) is 32.5 Å². The van der Waals surface area contributed by atoms with E-state index in [1.165, 1.54) is 20.3 Å². The van der Waals surface area contributed by atoms with E-state index in [4.69, 9.17) is 18.9 Å². The van der Waals surface area contributed by atoms with Gasteiger partial charge in [-0.25, -0.2) is 9.69 Å². The molecule has 7 nitrogen and oxygen atoms in total. The number of carbonyl (C=O) groups is 1. The molecule has 4 aromatic rings. The molecule has 1 fully saturated rings. The van der Waals surface area contributed by atoms with Gasteiger partial charge in [-0.2, -0.15) is 13.2 Å². The third-order valence-electron chi connectivity index (χ3n) is 8.17. The lowest BCUT2D eigenvalue weighted by Gasteiger charge is -2.26. The highest BCUT2D eigenvalue weighted by molar-refractivity contribution is 5.91. The third kappa shape index (κ3) is 6.54. The van der Waals surface area contributed by atoms with Gasteiger partial charge in [-0.15, -0.1) is 0 Å². The first-order chi connectivity index (χ1) is 21.4. The summed E-state index contributed by atoms with van der Waals surface area (Å²) in [4.78, 5) is 13.7. The molecule has 0 amide bonds. The van der Waals surface area contributed by atoms with Crippen LogP contribution >= 0.6 is 0 Å². The van der Waals surface area contributed by atoms with Crippen LogP contribution < -0.4 is 9.47 Å². The SMILES string of the molecule is COC(=O)c1ccc(-c2ccc(OC)c(-c3ccc(C(F)(F)F)cc3CN3C(O)O[C@H](c4cccc(OC)c4)[C@@H]3C)c2)c(C)c1. The van der Waals surface area contributed by atoms with E-state index in [-0.39, 0.29) is 6.54 Å². The van der Waals surface area contributed by atoms with E-state index in [0.29, 0.717) is 33.8 Å². The Morgan fingerprint density at radius 1 is 0.911 bits per heavy atom. The van der Waals surface area contributed by atoms with E-state index in [9.17, 15) is 23.1 Å². The first kappa shape index (κ1) is 32.0. The molecule has 1 aliphatic rings. The third-order valence-corrected chi connectivity index (χ3v) is 8.17. The molecule has 45 heavy (non-hydrogen) atoms. The van der Waals surface area contributed by atoms with Gasteiger partial charge in [-0.1, -0.05) is 30.3 Å². The van der Waals surface area contributed by atoms with E-state index in [2.05, 4.69) is 0 Å². The number of aliphatic hydroxyl groups is 1. The summed E-state index contributed by atoms with van der Waals surface area (Å²) >= 11 is 0. The highest BCUT2D eigenvalue weighted by atomic mass is 19.4. The van der Waals surface area contributed by atoms with Gasteiger partial charge in [-0.05, 0) is 95.8 Å². The van der Waals surface area contributed by atoms with Crippen LogP contribution in [0.15, 0.2) is 78.9 Å². The number of aryl methyl sites for hydroxylation is 1. The first-order valence-corrected chi connectivity index (χ1v) is 14.3. The minimum atomic E-state index is -4.58. The molecule has 4 aromatic carbocycles. The fraction of sp³-hybridized carbons (Fsp3) is 0.286. The van der Waals surface area contributed by atoms with Gasteiger partial charge in [0.1, 0.15) is 17.6 Å². The maximum atomic E-state index is 14.0. The largest absolute Gasteiger partial charge is 0.497 e. The molecule has 1 heterocycles. The number of aliphatic hydroxyl groups excluding tert-OH is 1. The molecule has 0 aliphatic carbocycles. The number of hydrogen-bond donors (Lipinski definition) is 1. The molecule has 1 aliphatic heterocycles. The average Bonchev–Trinajstić information content (AvgIpc) is 3.32. The van der Waals surface area contributed by atoms with Crippen molar-refractivity contribution in [2.45, 2.75) is 45.1 Å². The van der Waals surface area contributed by atoms with E-state index < -0.39 is 36.3 Å². The van der Waals surface area contributed by atoms with Crippen LogP contribution in [0.25, 0.3) is 22.3 Å². The van der Waals surface area contributed by atoms with E-state index >= 15 is 0 Å². The van der Waals surface area contributed by atoms with Crippen molar-refractivity contribution in [3.63, 3.8) is 0 Å². The number of ether oxygens (including phenoxy) is 4. The van der Waals surface area contributed by atoms with Crippen LogP contribution in [0.1, 0.15) is 45.6 Å². The Balaban J connectivity index is 1.57. The lowest BCUT2D eigenvalue weighted by molar-refractivity contribution is -0.153. The van der Waals surface area contributed by atoms with Crippen LogP contribution in [0.2, 0.25) is 0 Å². The van der Waals surface area contributed by atoms with Gasteiger partial charge in [0.2, 0.25) is 6.41 Å². The van der Waals surface area contributed by atoms with Crippen molar-refractivity contribution in [1.82, 2.24) is 4.90 Å². The maximum absolute atomic E-state index is 14.0. The summed E-state index contributed by atoms with van der Waals surface area (Å²) in [6.07, 6.45) is -6.48. The molecular formula is C35H34F3NO6. The zero-order chi connectivity index (χ0) is 32.5. The molecule has 0 saturated carbocycles. The minimum Gasteiger partial charge on any atom is -0.497 e. The fourth-order valence-electron chi connectivity index (χ4n) is 5.77. The number of rotatable bonds is 8. The predicted octanol–water partition coefficient (Wildman–Crippen LogP) is 7.39. The van der Waals surface area contributed by atoms with Crippen molar-refractivity contribution in [3.8, 4) is 33.8 Å². The molecule has 236 valence electrons. The highest BCUT2D eigenvalue weighted by Crippen LogP contribution is 2.42. The van der Waals surface area contributed by atoms with Crippen LogP contribution in [-0.2, 0) is 22.2 Å². The lowest BCUT2D eigenvalue weighted by Crippen LogP contribution is -2.35. The minimum absolute atomic E-state index is 0.0394. The van der Waals surface area contributed by atoms with Crippen molar-refractivity contribution in [2.24, 2.45) is 0 Å². The standard InChI is InChI=1S/C35H34F3NO6/c1-20-15-24(33(40)44-5)9-12-28(20)22-10-14-31(43-4)30(18-22)29-13-11-26(35(36,37)38)16-25(29)19-39-21(2)32(45-34(39)41)23-7-6-8-27(17-23)42-3/h6-18,21,32,34,41H,19H2,1-5H3/t21-,32-,34?/m0/s1. The van der Waals surface area contributed by atoms with Crippen LogP contribution in [0, 0.1) is 6.92 Å². The topological polar surface area (TPSA) is 77.5 Å². The second-order valence-corrected chi connectivity index (χ2v) is 10.9. The van der Waals surface area contributed by atoms with E-state index in [1.54, 1.807) is 42.3 Å². The average molecular weight is 622 g/mol. The molecule has 1 saturated heterocycles. The Labute approximate surface area is 259 Å². The van der Waals surface area contributed by atoms with Crippen LogP contribution in [0.4, 0.5) is 13.2 Å². The fourth-order valence-corrected chi connectivity index (χ4v) is 5.77. The summed E-state index contributed by atoms with van der Waals surface area (Å²) in [5, 5.41) is 11.0. The Morgan fingerprint density at radius 3 is 2.33 bits per heavy atom. The molecule has 0 aromatic heterocycles. The molecular weight excluding hydrogens is 587 g/mol. The van der Waals surface area contributed by atoms with Gasteiger partial charge in [-0.3, -0.25) is 0 Å². The lowest BCUT2D eigenvalue weighted by atomic mass is 9.91. The molecule has 0 bridgehead atoms. The van der Waals surface area contributed by atoms with E-state index in [0.717, 1.165) is 34.4 Å². The molecule has 1 N–H and O–H groups in total. The van der Waals surface area contributed by atoms with Crippen molar-refractivity contribution >= 4 is 5.97 Å². The maximum Gasteiger partial charge on any atom is 0.416 e. The molecule has 0 radical (unpaired) electrons. The normalized spacial score (nSPS) is 18.6. The molecule has 0 spiro atoms. The molecule has 3 atom stereocenters. The summed E-state index contributed by atoms with van der Waals surface area (Å²) in [6.45, 7) is 3.68. The first-order valence-electron chi connectivity index (χ1n) is 14.3. The summed E-state index contributed by atoms with van der Waals surface area (Å²) in [5.41, 5.74) is 4.21. The smallest absolute Gasteiger partial charge is 0.416 e. The number of nitrogens with zero attached hydrogens (tertiary/aromatic N) is 1. The van der Waals surface area contributed by atoms with Crippen LogP contribution in [-0.4, -0.2) is 49.8 Å². The van der Waals surface area contributed by atoms with Gasteiger partial charge < -0.3 is 24.1 Å². The van der Waals surface area contributed by atoms with Crippen LogP contribution in [0.3, 0.4) is 0 Å². The molecule has 1 unspecified atom stereocenters. The number of methoxy groups -OCH3 is 3. The van der Waals surface area contributed by atoms with Gasteiger partial charge in [0.25, 0.3) is 0 Å². The van der Waals surface area contributed by atoms with Crippen molar-refractivity contribution in [2.75, 3.05) is 21.3 Å². The quantitative estimate of drug-likeness (QED) is 0.206. The number of alkyl halides is 3.